The molecule has 0 N–H and O–H groups in total. The predicted molar refractivity (Wildman–Crippen MR) is 98.1 cm³/mol. The van der Waals surface area contributed by atoms with Gasteiger partial charge in [-0.2, -0.15) is 0 Å². The number of thiazole rings is 1. The number of imidazole rings is 1. The highest BCUT2D eigenvalue weighted by atomic mass is 32.2. The molecule has 4 rings (SSSR count). The molecule has 7 heteroatoms. The number of rotatable bonds is 4. The average molecular weight is 371 g/mol. The van der Waals surface area contributed by atoms with Crippen LogP contribution in [-0.4, -0.2) is 21.5 Å². The Hall–Kier alpha value is -2.38. The molecule has 4 aromatic rings. The van der Waals surface area contributed by atoms with Gasteiger partial charge in [0.2, 0.25) is 0 Å². The Labute approximate surface area is 152 Å². The third-order valence-electron chi connectivity index (χ3n) is 3.77. The van der Waals surface area contributed by atoms with Crippen LogP contribution in [-0.2, 0) is 0 Å². The van der Waals surface area contributed by atoms with E-state index in [1.165, 1.54) is 6.07 Å². The number of pyridine rings is 1. The Bertz CT molecular complexity index is 1040. The van der Waals surface area contributed by atoms with Crippen molar-refractivity contribution in [3.8, 4) is 17.1 Å². The molecule has 25 heavy (non-hydrogen) atoms. The molecule has 1 aromatic carbocycles. The molecule has 0 spiro atoms. The molecule has 3 heterocycles. The van der Waals surface area contributed by atoms with E-state index < -0.39 is 0 Å². The van der Waals surface area contributed by atoms with Crippen molar-refractivity contribution in [1.82, 2.24) is 14.4 Å². The first-order valence-electron chi connectivity index (χ1n) is 7.56. The van der Waals surface area contributed by atoms with E-state index in [0.29, 0.717) is 5.65 Å². The fourth-order valence-electron chi connectivity index (χ4n) is 2.61. The van der Waals surface area contributed by atoms with Gasteiger partial charge in [-0.3, -0.25) is 4.40 Å². The van der Waals surface area contributed by atoms with Crippen molar-refractivity contribution in [2.24, 2.45) is 0 Å². The van der Waals surface area contributed by atoms with E-state index >= 15 is 0 Å². The van der Waals surface area contributed by atoms with Crippen LogP contribution in [0.2, 0.25) is 0 Å². The number of benzene rings is 1. The number of ether oxygens (including phenoxy) is 1. The molecule has 4 nitrogen and oxygen atoms in total. The summed E-state index contributed by atoms with van der Waals surface area (Å²) >= 11 is 3.15. The first-order valence-corrected chi connectivity index (χ1v) is 9.26. The highest BCUT2D eigenvalue weighted by molar-refractivity contribution is 8.01. The summed E-state index contributed by atoms with van der Waals surface area (Å²) in [6.45, 7) is 1.87. The molecular formula is C18H14FN3OS2. The van der Waals surface area contributed by atoms with E-state index in [2.05, 4.69) is 4.98 Å². The lowest BCUT2D eigenvalue weighted by Gasteiger charge is -2.01. The first kappa shape index (κ1) is 16.1. The van der Waals surface area contributed by atoms with Crippen LogP contribution in [0.1, 0.15) is 5.69 Å². The van der Waals surface area contributed by atoms with Gasteiger partial charge in [-0.25, -0.2) is 14.4 Å². The molecule has 126 valence electrons. The summed E-state index contributed by atoms with van der Waals surface area (Å²) in [5.41, 5.74) is 2.72. The number of aromatic nitrogens is 3. The maximum Gasteiger partial charge on any atom is 0.173 e. The third-order valence-corrected chi connectivity index (χ3v) is 5.71. The van der Waals surface area contributed by atoms with Gasteiger partial charge in [0.05, 0.1) is 18.5 Å². The van der Waals surface area contributed by atoms with Gasteiger partial charge in [-0.05, 0) is 43.3 Å². The Morgan fingerprint density at radius 1 is 1.16 bits per heavy atom. The number of nitrogens with zero attached hydrogens (tertiary/aromatic N) is 3. The summed E-state index contributed by atoms with van der Waals surface area (Å²) in [5, 5.41) is 1.98. The number of methoxy groups -OCH3 is 1. The molecule has 0 atom stereocenters. The minimum Gasteiger partial charge on any atom is -0.497 e. The van der Waals surface area contributed by atoms with Crippen LogP contribution in [0.25, 0.3) is 17.0 Å². The fraction of sp³-hybridized carbons (Fsp3) is 0.111. The summed E-state index contributed by atoms with van der Waals surface area (Å²) < 4.78 is 21.8. The topological polar surface area (TPSA) is 39.4 Å². The van der Waals surface area contributed by atoms with Crippen molar-refractivity contribution < 1.29 is 9.13 Å². The smallest absolute Gasteiger partial charge is 0.173 e. The van der Waals surface area contributed by atoms with Crippen molar-refractivity contribution in [1.29, 1.82) is 0 Å². The maximum atomic E-state index is 13.9. The van der Waals surface area contributed by atoms with Gasteiger partial charge in [0.1, 0.15) is 11.4 Å². The lowest BCUT2D eigenvalue weighted by molar-refractivity contribution is 0.414. The fourth-order valence-corrected chi connectivity index (χ4v) is 4.38. The number of halogens is 1. The standard InChI is InChI=1S/C18H14FN3OS2/c1-11-16(22-9-3-4-14(19)17(22)20-11)15-10-24-18(21-15)25-13-7-5-12(23-2)6-8-13/h3-10H,1-2H3. The van der Waals surface area contributed by atoms with Crippen LogP contribution >= 0.6 is 23.1 Å². The van der Waals surface area contributed by atoms with Gasteiger partial charge in [0.25, 0.3) is 0 Å². The molecule has 0 radical (unpaired) electrons. The van der Waals surface area contributed by atoms with Gasteiger partial charge in [-0.15, -0.1) is 11.3 Å². The number of fused-ring (bicyclic) bond motifs is 1. The Balaban J connectivity index is 1.67. The number of hydrogen-bond acceptors (Lipinski definition) is 5. The SMILES string of the molecule is COc1ccc(Sc2nc(-c3c(C)nc4c(F)cccn34)cs2)cc1. The van der Waals surface area contributed by atoms with Gasteiger partial charge in [0.15, 0.2) is 15.8 Å². The number of aryl methyl sites for hydroxylation is 1. The molecule has 0 saturated heterocycles. The van der Waals surface area contributed by atoms with Gasteiger partial charge >= 0.3 is 0 Å². The van der Waals surface area contributed by atoms with Gasteiger partial charge in [0, 0.05) is 16.5 Å². The van der Waals surface area contributed by atoms with Crippen LogP contribution in [0.4, 0.5) is 4.39 Å². The van der Waals surface area contributed by atoms with Crippen LogP contribution in [0.15, 0.2) is 57.2 Å². The van der Waals surface area contributed by atoms with Crippen LogP contribution in [0.5, 0.6) is 5.75 Å². The first-order chi connectivity index (χ1) is 12.2. The van der Waals surface area contributed by atoms with E-state index in [0.717, 1.165) is 32.1 Å². The summed E-state index contributed by atoms with van der Waals surface area (Å²) in [4.78, 5) is 10.1. The lowest BCUT2D eigenvalue weighted by atomic mass is 10.3. The molecular weight excluding hydrogens is 357 g/mol. The summed E-state index contributed by atoms with van der Waals surface area (Å²) in [6, 6.07) is 10.9. The lowest BCUT2D eigenvalue weighted by Crippen LogP contribution is -1.91. The summed E-state index contributed by atoms with van der Waals surface area (Å²) in [5.74, 6) is 0.493. The highest BCUT2D eigenvalue weighted by Gasteiger charge is 2.16. The van der Waals surface area contributed by atoms with E-state index in [1.54, 1.807) is 40.7 Å². The van der Waals surface area contributed by atoms with Crippen molar-refractivity contribution in [2.45, 2.75) is 16.2 Å². The molecule has 0 bridgehead atoms. The van der Waals surface area contributed by atoms with Crippen molar-refractivity contribution in [2.75, 3.05) is 7.11 Å². The van der Waals surface area contributed by atoms with Crippen molar-refractivity contribution >= 4 is 28.7 Å². The Morgan fingerprint density at radius 2 is 1.96 bits per heavy atom. The normalized spacial score (nSPS) is 11.2. The zero-order chi connectivity index (χ0) is 17.4. The highest BCUT2D eigenvalue weighted by Crippen LogP contribution is 2.35. The predicted octanol–water partition coefficient (Wildman–Crippen LogP) is 5.07. The van der Waals surface area contributed by atoms with Crippen LogP contribution in [0, 0.1) is 12.7 Å². The zero-order valence-electron chi connectivity index (χ0n) is 13.6. The van der Waals surface area contributed by atoms with E-state index in [-0.39, 0.29) is 5.82 Å². The average Bonchev–Trinajstić information content (AvgIpc) is 3.20. The molecule has 0 aliphatic rings. The molecule has 3 aromatic heterocycles. The second kappa shape index (κ2) is 6.50. The quantitative estimate of drug-likeness (QED) is 0.502. The van der Waals surface area contributed by atoms with Crippen molar-refractivity contribution in [3.05, 3.63) is 59.5 Å². The van der Waals surface area contributed by atoms with Gasteiger partial charge in [-0.1, -0.05) is 11.8 Å². The molecule has 0 amide bonds. The summed E-state index contributed by atoms with van der Waals surface area (Å²) in [7, 11) is 1.65. The third kappa shape index (κ3) is 3.01. The van der Waals surface area contributed by atoms with Crippen molar-refractivity contribution in [3.63, 3.8) is 0 Å². The van der Waals surface area contributed by atoms with Gasteiger partial charge < -0.3 is 4.74 Å². The summed E-state index contributed by atoms with van der Waals surface area (Å²) in [6.07, 6.45) is 1.81. The zero-order valence-corrected chi connectivity index (χ0v) is 15.2. The maximum absolute atomic E-state index is 13.9. The molecule has 0 unspecified atom stereocenters. The second-order valence-corrected chi connectivity index (χ2v) is 7.55. The number of hydrogen-bond donors (Lipinski definition) is 0. The monoisotopic (exact) mass is 371 g/mol. The van der Waals surface area contributed by atoms with Crippen LogP contribution < -0.4 is 4.74 Å². The minimum absolute atomic E-state index is 0.326. The molecule has 0 fully saturated rings. The Morgan fingerprint density at radius 3 is 2.72 bits per heavy atom. The largest absolute Gasteiger partial charge is 0.497 e. The molecule has 0 aliphatic heterocycles. The van der Waals surface area contributed by atoms with E-state index in [9.17, 15) is 4.39 Å². The van der Waals surface area contributed by atoms with E-state index in [1.807, 2.05) is 42.8 Å². The second-order valence-electron chi connectivity index (χ2n) is 5.37. The Kier molecular flexibility index (Phi) is 4.19. The van der Waals surface area contributed by atoms with Crippen LogP contribution in [0.3, 0.4) is 0 Å². The van der Waals surface area contributed by atoms with E-state index in [4.69, 9.17) is 9.72 Å². The molecule has 0 saturated carbocycles. The molecule has 0 aliphatic carbocycles. The minimum atomic E-state index is -0.333.